The van der Waals surface area contributed by atoms with Crippen molar-refractivity contribution < 1.29 is 4.79 Å². The fraction of sp³-hybridized carbons (Fsp3) is 0.323. The lowest BCUT2D eigenvalue weighted by Gasteiger charge is -2.45. The van der Waals surface area contributed by atoms with Gasteiger partial charge in [-0.15, -0.1) is 5.10 Å². The normalized spacial score (nSPS) is 18.6. The largest absolute Gasteiger partial charge is 0.339 e. The zero-order valence-corrected chi connectivity index (χ0v) is 25.6. The standard InChI is InChI=1S/C31H32BrCl2N5O/c1-21-17-37(31(40)25(14-23-6-4-3-5-7-23)15-24-8-11-27(33)12-9-24)18-22(2)38(21)19-28-20-39(36-35-28)30-13-10-26(32)16-29(30)34/h3-13,16,20-22,25H,14-15,17-19H2,1-2H3/t21-,22+,25?. The Kier molecular flexibility index (Phi) is 9.26. The van der Waals surface area contributed by atoms with Crippen LogP contribution in [0.3, 0.4) is 0 Å². The molecule has 0 bridgehead atoms. The van der Waals surface area contributed by atoms with Crippen molar-refractivity contribution >= 4 is 45.0 Å². The van der Waals surface area contributed by atoms with Crippen LogP contribution < -0.4 is 0 Å². The number of rotatable bonds is 8. The molecule has 1 aromatic heterocycles. The lowest BCUT2D eigenvalue weighted by Crippen LogP contribution is -2.58. The second kappa shape index (κ2) is 12.9. The highest BCUT2D eigenvalue weighted by Crippen LogP contribution is 2.26. The van der Waals surface area contributed by atoms with Crippen LogP contribution in [0.2, 0.25) is 10.0 Å². The number of aromatic nitrogens is 3. The molecule has 6 nitrogen and oxygen atoms in total. The molecule has 1 amide bonds. The van der Waals surface area contributed by atoms with Crippen LogP contribution in [0, 0.1) is 5.92 Å². The van der Waals surface area contributed by atoms with Crippen LogP contribution in [0.25, 0.3) is 5.69 Å². The molecule has 0 saturated carbocycles. The third-order valence-electron chi connectivity index (χ3n) is 7.52. The average molecular weight is 641 g/mol. The maximum Gasteiger partial charge on any atom is 0.226 e. The van der Waals surface area contributed by atoms with Crippen molar-refractivity contribution in [1.82, 2.24) is 24.8 Å². The molecule has 0 spiro atoms. The molecule has 9 heteroatoms. The Morgan fingerprint density at radius 2 is 1.60 bits per heavy atom. The van der Waals surface area contributed by atoms with E-state index in [9.17, 15) is 4.79 Å². The Hall–Kier alpha value is -2.71. The van der Waals surface area contributed by atoms with E-state index in [2.05, 4.69) is 57.1 Å². The summed E-state index contributed by atoms with van der Waals surface area (Å²) in [5.74, 6) is 0.0538. The number of halogens is 3. The second-order valence-electron chi connectivity index (χ2n) is 10.6. The first-order valence-corrected chi connectivity index (χ1v) is 15.0. The predicted octanol–water partition coefficient (Wildman–Crippen LogP) is 6.86. The number of nitrogens with zero attached hydrogens (tertiary/aromatic N) is 5. The molecule has 3 aromatic carbocycles. The van der Waals surface area contributed by atoms with Gasteiger partial charge in [-0.2, -0.15) is 0 Å². The van der Waals surface area contributed by atoms with Crippen LogP contribution in [-0.2, 0) is 24.2 Å². The molecule has 1 unspecified atom stereocenters. The van der Waals surface area contributed by atoms with Gasteiger partial charge in [-0.25, -0.2) is 4.68 Å². The summed E-state index contributed by atoms with van der Waals surface area (Å²) in [6.07, 6.45) is 3.30. The first kappa shape index (κ1) is 28.8. The number of benzene rings is 3. The maximum atomic E-state index is 14.0. The Bertz CT molecular complexity index is 1430. The smallest absolute Gasteiger partial charge is 0.226 e. The number of piperazine rings is 1. The summed E-state index contributed by atoms with van der Waals surface area (Å²) in [5.41, 5.74) is 3.93. The molecule has 1 fully saturated rings. The molecule has 1 aliphatic rings. The Labute approximate surface area is 254 Å². The molecule has 208 valence electrons. The molecule has 3 atom stereocenters. The average Bonchev–Trinajstić information content (AvgIpc) is 3.40. The third kappa shape index (κ3) is 6.95. The van der Waals surface area contributed by atoms with Gasteiger partial charge < -0.3 is 4.90 Å². The summed E-state index contributed by atoms with van der Waals surface area (Å²) in [4.78, 5) is 18.4. The summed E-state index contributed by atoms with van der Waals surface area (Å²) in [6, 6.07) is 24.1. The Morgan fingerprint density at radius 1 is 0.950 bits per heavy atom. The van der Waals surface area contributed by atoms with Gasteiger partial charge >= 0.3 is 0 Å². The summed E-state index contributed by atoms with van der Waals surface area (Å²) >= 11 is 16.0. The molecular formula is C31H32BrCl2N5O. The van der Waals surface area contributed by atoms with Gasteiger partial charge in [-0.05, 0) is 68.1 Å². The van der Waals surface area contributed by atoms with Crippen LogP contribution in [0.15, 0.2) is 83.5 Å². The van der Waals surface area contributed by atoms with Crippen LogP contribution in [0.1, 0.15) is 30.7 Å². The van der Waals surface area contributed by atoms with E-state index in [1.165, 1.54) is 5.56 Å². The molecule has 1 aliphatic heterocycles. The van der Waals surface area contributed by atoms with Gasteiger partial charge in [0.25, 0.3) is 0 Å². The number of amides is 1. The van der Waals surface area contributed by atoms with Crippen molar-refractivity contribution in [1.29, 1.82) is 0 Å². The molecule has 0 aliphatic carbocycles. The number of hydrogen-bond acceptors (Lipinski definition) is 4. The van der Waals surface area contributed by atoms with Crippen molar-refractivity contribution in [2.24, 2.45) is 5.92 Å². The van der Waals surface area contributed by atoms with E-state index in [0.29, 0.717) is 42.5 Å². The highest BCUT2D eigenvalue weighted by Gasteiger charge is 2.35. The van der Waals surface area contributed by atoms with E-state index in [4.69, 9.17) is 23.2 Å². The van der Waals surface area contributed by atoms with E-state index in [0.717, 1.165) is 21.4 Å². The van der Waals surface area contributed by atoms with Crippen molar-refractivity contribution in [2.75, 3.05) is 13.1 Å². The zero-order chi connectivity index (χ0) is 28.2. The van der Waals surface area contributed by atoms with Crippen molar-refractivity contribution in [3.8, 4) is 5.69 Å². The highest BCUT2D eigenvalue weighted by atomic mass is 79.9. The minimum Gasteiger partial charge on any atom is -0.339 e. The summed E-state index contributed by atoms with van der Waals surface area (Å²) in [7, 11) is 0. The zero-order valence-electron chi connectivity index (χ0n) is 22.6. The van der Waals surface area contributed by atoms with Gasteiger partial charge in [0.15, 0.2) is 0 Å². The minimum atomic E-state index is -0.148. The van der Waals surface area contributed by atoms with E-state index < -0.39 is 0 Å². The van der Waals surface area contributed by atoms with E-state index in [1.54, 1.807) is 4.68 Å². The summed E-state index contributed by atoms with van der Waals surface area (Å²) in [6.45, 7) is 6.34. The molecule has 0 radical (unpaired) electrons. The van der Waals surface area contributed by atoms with Crippen LogP contribution in [0.4, 0.5) is 0 Å². The monoisotopic (exact) mass is 639 g/mol. The van der Waals surface area contributed by atoms with Gasteiger partial charge in [0.1, 0.15) is 0 Å². The number of carbonyl (C=O) groups excluding carboxylic acids is 1. The molecule has 5 rings (SSSR count). The first-order valence-electron chi connectivity index (χ1n) is 13.5. The van der Waals surface area contributed by atoms with Gasteiger partial charge in [0, 0.05) is 47.1 Å². The fourth-order valence-electron chi connectivity index (χ4n) is 5.50. The van der Waals surface area contributed by atoms with Crippen molar-refractivity contribution in [3.63, 3.8) is 0 Å². The number of hydrogen-bond donors (Lipinski definition) is 0. The third-order valence-corrected chi connectivity index (χ3v) is 8.57. The van der Waals surface area contributed by atoms with Gasteiger partial charge in [-0.3, -0.25) is 9.69 Å². The van der Waals surface area contributed by atoms with Gasteiger partial charge in [-0.1, -0.05) is 86.8 Å². The lowest BCUT2D eigenvalue weighted by atomic mass is 9.90. The molecular weight excluding hydrogens is 609 g/mol. The fourth-order valence-corrected chi connectivity index (χ4v) is 6.39. The Balaban J connectivity index is 1.28. The second-order valence-corrected chi connectivity index (χ2v) is 12.3. The highest BCUT2D eigenvalue weighted by molar-refractivity contribution is 9.10. The first-order chi connectivity index (χ1) is 19.3. The SMILES string of the molecule is C[C@@H]1CN(C(=O)C(Cc2ccccc2)Cc2ccc(Cl)cc2)C[C@H](C)N1Cc1cn(-c2ccc(Br)cc2Cl)nn1. The molecule has 2 heterocycles. The van der Waals surface area contributed by atoms with E-state index in [-0.39, 0.29) is 23.9 Å². The van der Waals surface area contributed by atoms with E-state index in [1.807, 2.05) is 71.8 Å². The molecule has 0 N–H and O–H groups in total. The Morgan fingerprint density at radius 3 is 2.25 bits per heavy atom. The van der Waals surface area contributed by atoms with Crippen LogP contribution in [0.5, 0.6) is 0 Å². The summed E-state index contributed by atoms with van der Waals surface area (Å²) < 4.78 is 2.63. The molecule has 4 aromatic rings. The maximum absolute atomic E-state index is 14.0. The van der Waals surface area contributed by atoms with E-state index >= 15 is 0 Å². The molecule has 1 saturated heterocycles. The quantitative estimate of drug-likeness (QED) is 0.211. The minimum absolute atomic E-state index is 0.148. The van der Waals surface area contributed by atoms with Crippen molar-refractivity contribution in [2.45, 2.75) is 45.3 Å². The molecule has 40 heavy (non-hydrogen) atoms. The number of carbonyl (C=O) groups is 1. The summed E-state index contributed by atoms with van der Waals surface area (Å²) in [5, 5.41) is 10.0. The van der Waals surface area contributed by atoms with Gasteiger partial charge in [0.05, 0.1) is 22.6 Å². The van der Waals surface area contributed by atoms with Crippen molar-refractivity contribution in [3.05, 3.63) is 110 Å². The predicted molar refractivity (Wildman–Crippen MR) is 164 cm³/mol. The van der Waals surface area contributed by atoms with Gasteiger partial charge in [0.2, 0.25) is 5.91 Å². The lowest BCUT2D eigenvalue weighted by molar-refractivity contribution is -0.140. The topological polar surface area (TPSA) is 54.3 Å². The van der Waals surface area contributed by atoms with Crippen LogP contribution in [-0.4, -0.2) is 55.9 Å². The van der Waals surface area contributed by atoms with Crippen LogP contribution >= 0.6 is 39.1 Å².